The number of rotatable bonds is 4. The first-order valence-corrected chi connectivity index (χ1v) is 4.52. The van der Waals surface area contributed by atoms with Gasteiger partial charge in [0.2, 0.25) is 0 Å². The number of carbonyl (C=O) groups is 2. The van der Waals surface area contributed by atoms with E-state index in [1.165, 1.54) is 0 Å². The van der Waals surface area contributed by atoms with Crippen LogP contribution in [0.15, 0.2) is 12.1 Å². The van der Waals surface area contributed by atoms with Gasteiger partial charge in [0.25, 0.3) is 0 Å². The molecule has 1 aromatic carbocycles. The first-order chi connectivity index (χ1) is 7.82. The molecule has 92 valence electrons. The summed E-state index contributed by atoms with van der Waals surface area (Å²) in [4.78, 5) is 20.9. The third kappa shape index (κ3) is 2.97. The molecular weight excluding hydrogens is 236 g/mol. The highest BCUT2D eigenvalue weighted by Crippen LogP contribution is 2.16. The lowest BCUT2D eigenvalue weighted by molar-refractivity contribution is -0.138. The number of nitrogens with two attached hydrogens (primary N) is 1. The average molecular weight is 245 g/mol. The Balaban J connectivity index is 3.06. The monoisotopic (exact) mass is 245 g/mol. The van der Waals surface area contributed by atoms with Gasteiger partial charge in [-0.15, -0.1) is 0 Å². The van der Waals surface area contributed by atoms with Crippen molar-refractivity contribution in [2.24, 2.45) is 5.73 Å². The summed E-state index contributed by atoms with van der Waals surface area (Å²) < 4.78 is 26.4. The van der Waals surface area contributed by atoms with Gasteiger partial charge in [0.15, 0.2) is 0 Å². The molecule has 0 bridgehead atoms. The molecule has 0 spiro atoms. The number of aromatic carboxylic acids is 1. The van der Waals surface area contributed by atoms with E-state index < -0.39 is 35.2 Å². The third-order valence-corrected chi connectivity index (χ3v) is 2.09. The molecule has 0 aliphatic heterocycles. The Hall–Kier alpha value is -2.02. The van der Waals surface area contributed by atoms with E-state index in [2.05, 4.69) is 0 Å². The second kappa shape index (κ2) is 4.88. The molecule has 0 radical (unpaired) electrons. The molecule has 0 aliphatic rings. The van der Waals surface area contributed by atoms with Crippen LogP contribution in [0.4, 0.5) is 8.78 Å². The molecule has 0 saturated carbocycles. The van der Waals surface area contributed by atoms with Crippen LogP contribution in [0.25, 0.3) is 0 Å². The maximum atomic E-state index is 13.2. The van der Waals surface area contributed by atoms with E-state index in [1.54, 1.807) is 0 Å². The molecule has 1 aromatic rings. The zero-order valence-electron chi connectivity index (χ0n) is 8.48. The highest BCUT2D eigenvalue weighted by molar-refractivity contribution is 5.88. The Labute approximate surface area is 94.5 Å². The Bertz CT molecular complexity index is 452. The second-order valence-electron chi connectivity index (χ2n) is 3.39. The highest BCUT2D eigenvalue weighted by Gasteiger charge is 2.19. The summed E-state index contributed by atoms with van der Waals surface area (Å²) >= 11 is 0. The van der Waals surface area contributed by atoms with E-state index >= 15 is 0 Å². The Morgan fingerprint density at radius 2 is 1.71 bits per heavy atom. The summed E-state index contributed by atoms with van der Waals surface area (Å²) in [6.45, 7) is 0. The number of benzene rings is 1. The molecule has 5 nitrogen and oxygen atoms in total. The number of halogens is 2. The van der Waals surface area contributed by atoms with Gasteiger partial charge in [-0.2, -0.15) is 0 Å². The number of aliphatic carboxylic acids is 1. The average Bonchev–Trinajstić information content (AvgIpc) is 2.15. The van der Waals surface area contributed by atoms with Crippen LogP contribution in [-0.4, -0.2) is 28.2 Å². The first-order valence-electron chi connectivity index (χ1n) is 4.52. The lowest BCUT2D eigenvalue weighted by atomic mass is 10.0. The quantitative estimate of drug-likeness (QED) is 0.721. The van der Waals surface area contributed by atoms with Crippen molar-refractivity contribution in [1.29, 1.82) is 0 Å². The van der Waals surface area contributed by atoms with Gasteiger partial charge in [0, 0.05) is 0 Å². The van der Waals surface area contributed by atoms with Crippen molar-refractivity contribution < 1.29 is 28.6 Å². The molecule has 0 heterocycles. The topological polar surface area (TPSA) is 101 Å². The molecule has 1 rings (SSSR count). The standard InChI is InChI=1S/C10H9F2NO4/c11-5-1-4(3-7(13)9(14)15)2-6(12)8(5)10(16)17/h1-2,7H,3,13H2,(H,14,15)(H,16,17)/t7-/m0/s1. The predicted octanol–water partition coefficient (Wildman–Crippen LogP) is 0.617. The normalized spacial score (nSPS) is 12.2. The zero-order chi connectivity index (χ0) is 13.2. The molecule has 17 heavy (non-hydrogen) atoms. The minimum absolute atomic E-state index is 0.0140. The van der Waals surface area contributed by atoms with Crippen LogP contribution in [0.1, 0.15) is 15.9 Å². The molecule has 0 unspecified atom stereocenters. The van der Waals surface area contributed by atoms with Crippen molar-refractivity contribution in [3.05, 3.63) is 34.9 Å². The smallest absolute Gasteiger partial charge is 0.341 e. The molecule has 7 heteroatoms. The Kier molecular flexibility index (Phi) is 3.74. The molecule has 0 fully saturated rings. The van der Waals surface area contributed by atoms with Crippen molar-refractivity contribution in [2.75, 3.05) is 0 Å². The van der Waals surface area contributed by atoms with Crippen LogP contribution >= 0.6 is 0 Å². The largest absolute Gasteiger partial charge is 0.480 e. The number of carboxylic acid groups (broad SMARTS) is 2. The van der Waals surface area contributed by atoms with Crippen molar-refractivity contribution in [2.45, 2.75) is 12.5 Å². The maximum Gasteiger partial charge on any atom is 0.341 e. The van der Waals surface area contributed by atoms with Crippen LogP contribution in [0.2, 0.25) is 0 Å². The minimum atomic E-state index is -1.73. The predicted molar refractivity (Wildman–Crippen MR) is 52.6 cm³/mol. The van der Waals surface area contributed by atoms with Gasteiger partial charge < -0.3 is 15.9 Å². The lowest BCUT2D eigenvalue weighted by Crippen LogP contribution is -2.32. The van der Waals surface area contributed by atoms with Gasteiger partial charge in [0.05, 0.1) is 0 Å². The van der Waals surface area contributed by atoms with Crippen LogP contribution in [0.3, 0.4) is 0 Å². The van der Waals surface area contributed by atoms with Crippen LogP contribution < -0.4 is 5.73 Å². The number of hydrogen-bond donors (Lipinski definition) is 3. The maximum absolute atomic E-state index is 13.2. The van der Waals surface area contributed by atoms with E-state index in [4.69, 9.17) is 15.9 Å². The fourth-order valence-electron chi connectivity index (χ4n) is 1.29. The summed E-state index contributed by atoms with van der Waals surface area (Å²) in [6, 6.07) is 0.217. The molecule has 1 atom stereocenters. The van der Waals surface area contributed by atoms with Crippen molar-refractivity contribution >= 4 is 11.9 Å². The van der Waals surface area contributed by atoms with E-state index in [0.29, 0.717) is 0 Å². The Morgan fingerprint density at radius 3 is 2.06 bits per heavy atom. The van der Waals surface area contributed by atoms with E-state index in [1.807, 2.05) is 0 Å². The molecule has 0 aromatic heterocycles. The third-order valence-electron chi connectivity index (χ3n) is 2.09. The van der Waals surface area contributed by atoms with E-state index in [-0.39, 0.29) is 12.0 Å². The van der Waals surface area contributed by atoms with Crippen molar-refractivity contribution in [3.63, 3.8) is 0 Å². The molecule has 4 N–H and O–H groups in total. The SMILES string of the molecule is N[C@@H](Cc1cc(F)c(C(=O)O)c(F)c1)C(=O)O. The summed E-state index contributed by atoms with van der Waals surface area (Å²) in [7, 11) is 0. The van der Waals surface area contributed by atoms with Gasteiger partial charge in [-0.1, -0.05) is 0 Å². The summed E-state index contributed by atoms with van der Waals surface area (Å²) in [6.07, 6.45) is -0.289. The lowest BCUT2D eigenvalue weighted by Gasteiger charge is -2.08. The van der Waals surface area contributed by atoms with Gasteiger partial charge in [-0.05, 0) is 24.1 Å². The molecule has 0 amide bonds. The minimum Gasteiger partial charge on any atom is -0.480 e. The van der Waals surface area contributed by atoms with Gasteiger partial charge >= 0.3 is 11.9 Å². The zero-order valence-corrected chi connectivity index (χ0v) is 8.48. The second-order valence-corrected chi connectivity index (χ2v) is 3.39. The van der Waals surface area contributed by atoms with Crippen LogP contribution in [-0.2, 0) is 11.2 Å². The summed E-state index contributed by atoms with van der Waals surface area (Å²) in [5, 5.41) is 17.0. The summed E-state index contributed by atoms with van der Waals surface area (Å²) in [5.41, 5.74) is 4.10. The van der Waals surface area contributed by atoms with Gasteiger partial charge in [-0.3, -0.25) is 4.79 Å². The van der Waals surface area contributed by atoms with Crippen molar-refractivity contribution in [3.8, 4) is 0 Å². The van der Waals surface area contributed by atoms with E-state index in [0.717, 1.165) is 12.1 Å². The fraction of sp³-hybridized carbons (Fsp3) is 0.200. The van der Waals surface area contributed by atoms with E-state index in [9.17, 15) is 18.4 Å². The fourth-order valence-corrected chi connectivity index (χ4v) is 1.29. The number of carboxylic acids is 2. The highest BCUT2D eigenvalue weighted by atomic mass is 19.1. The molecule has 0 saturated heterocycles. The van der Waals surface area contributed by atoms with Crippen molar-refractivity contribution in [1.82, 2.24) is 0 Å². The molecule has 0 aliphatic carbocycles. The van der Waals surface area contributed by atoms with Crippen LogP contribution in [0.5, 0.6) is 0 Å². The van der Waals surface area contributed by atoms with Crippen LogP contribution in [0, 0.1) is 11.6 Å². The Morgan fingerprint density at radius 1 is 1.24 bits per heavy atom. The summed E-state index contributed by atoms with van der Waals surface area (Å²) in [5.74, 6) is -5.56. The number of hydrogen-bond acceptors (Lipinski definition) is 3. The van der Waals surface area contributed by atoms with Gasteiger partial charge in [0.1, 0.15) is 23.2 Å². The van der Waals surface area contributed by atoms with Gasteiger partial charge in [-0.25, -0.2) is 13.6 Å². The first kappa shape index (κ1) is 13.0. The molecular formula is C10H9F2NO4.